The first-order valence-corrected chi connectivity index (χ1v) is 26.3. The number of anilines is 1. The molecule has 2 fully saturated rings. The van der Waals surface area contributed by atoms with Crippen LogP contribution in [0.2, 0.25) is 16.6 Å². The maximum absolute atomic E-state index is 18.1. The van der Waals surface area contributed by atoms with Crippen LogP contribution in [0.25, 0.3) is 33.1 Å². The number of nitrogens with zero attached hydrogens (tertiary/aromatic N) is 6. The Bertz CT molecular complexity index is 2810. The second-order valence-electron chi connectivity index (χ2n) is 20.6. The van der Waals surface area contributed by atoms with E-state index in [4.69, 9.17) is 28.9 Å². The van der Waals surface area contributed by atoms with Gasteiger partial charge in [-0.05, 0) is 110 Å². The van der Waals surface area contributed by atoms with Gasteiger partial charge in [0, 0.05) is 37.0 Å². The highest BCUT2D eigenvalue weighted by Crippen LogP contribution is 2.44. The van der Waals surface area contributed by atoms with Crippen LogP contribution in [0.3, 0.4) is 0 Å². The topological polar surface area (TPSA) is 95.0 Å². The van der Waals surface area contributed by atoms with Crippen LogP contribution in [-0.2, 0) is 13.1 Å². The fourth-order valence-corrected chi connectivity index (χ4v) is 16.0. The zero-order valence-corrected chi connectivity index (χ0v) is 42.8. The van der Waals surface area contributed by atoms with Crippen LogP contribution in [0.1, 0.15) is 98.3 Å². The average molecular weight is 959 g/mol. The van der Waals surface area contributed by atoms with Gasteiger partial charge in [-0.2, -0.15) is 9.97 Å². The fourth-order valence-electron chi connectivity index (χ4n) is 10.8. The Labute approximate surface area is 406 Å². The first-order valence-electron chi connectivity index (χ1n) is 24.1. The van der Waals surface area contributed by atoms with Gasteiger partial charge in [0.1, 0.15) is 49.3 Å². The van der Waals surface area contributed by atoms with Crippen molar-refractivity contribution in [3.05, 3.63) is 101 Å². The third kappa shape index (κ3) is 10.1. The van der Waals surface area contributed by atoms with Crippen LogP contribution in [0.4, 0.5) is 19.1 Å². The lowest BCUT2D eigenvalue weighted by Gasteiger charge is -2.38. The van der Waals surface area contributed by atoms with Crippen LogP contribution in [0.15, 0.2) is 72.8 Å². The summed E-state index contributed by atoms with van der Waals surface area (Å²) in [7, 11) is 0.951. The summed E-state index contributed by atoms with van der Waals surface area (Å²) in [5.41, 5.74) is 5.84. The Morgan fingerprint density at radius 1 is 0.841 bits per heavy atom. The molecule has 0 unspecified atom stereocenters. The first-order chi connectivity index (χ1) is 32.8. The number of methoxy groups -OCH3 is 2. The summed E-state index contributed by atoms with van der Waals surface area (Å²) in [6, 6.07) is 22.1. The molecule has 10 nitrogen and oxygen atoms in total. The molecule has 69 heavy (non-hydrogen) atoms. The lowest BCUT2D eigenvalue weighted by Crippen LogP contribution is -2.43. The summed E-state index contributed by atoms with van der Waals surface area (Å²) in [6.07, 6.45) is 1.03. The normalized spacial score (nSPS) is 17.4. The van der Waals surface area contributed by atoms with E-state index < -0.39 is 42.6 Å². The Hall–Kier alpha value is -5.91. The molecule has 0 bridgehead atoms. The quantitative estimate of drug-likeness (QED) is 0.0731. The molecule has 0 saturated carbocycles. The highest BCUT2D eigenvalue weighted by Gasteiger charge is 2.49. The van der Waals surface area contributed by atoms with E-state index in [-0.39, 0.29) is 41.0 Å². The number of ether oxygens (including phenoxy) is 4. The zero-order chi connectivity index (χ0) is 49.4. The maximum atomic E-state index is 18.1. The predicted octanol–water partition coefficient (Wildman–Crippen LogP) is 12.4. The number of fused-ring (bicyclic) bond motifs is 3. The van der Waals surface area contributed by atoms with Gasteiger partial charge in [0.2, 0.25) is 11.8 Å². The molecule has 4 aromatic carbocycles. The molecule has 364 valence electrons. The van der Waals surface area contributed by atoms with Gasteiger partial charge in [-0.3, -0.25) is 4.90 Å². The highest BCUT2D eigenvalue weighted by molar-refractivity contribution is 6.90. The first kappa shape index (κ1) is 49.5. The van der Waals surface area contributed by atoms with E-state index >= 15 is 8.78 Å². The number of aromatic nitrogens is 4. The number of halogens is 3. The summed E-state index contributed by atoms with van der Waals surface area (Å²) in [5, 5.41) is 0.445. The van der Waals surface area contributed by atoms with Gasteiger partial charge in [-0.15, -0.1) is 5.54 Å². The zero-order valence-electron chi connectivity index (χ0n) is 41.8. The Morgan fingerprint density at radius 3 is 2.04 bits per heavy atom. The van der Waals surface area contributed by atoms with Gasteiger partial charge < -0.3 is 23.8 Å². The molecule has 0 N–H and O–H groups in total. The van der Waals surface area contributed by atoms with E-state index in [0.29, 0.717) is 70.6 Å². The van der Waals surface area contributed by atoms with Gasteiger partial charge in [0.15, 0.2) is 5.82 Å². The lowest BCUT2D eigenvalue weighted by atomic mass is 9.95. The molecule has 4 heterocycles. The Morgan fingerprint density at radius 2 is 1.46 bits per heavy atom. The van der Waals surface area contributed by atoms with Crippen molar-refractivity contribution in [2.75, 3.05) is 38.8 Å². The molecule has 2 aliphatic heterocycles. The van der Waals surface area contributed by atoms with Crippen molar-refractivity contribution in [1.29, 1.82) is 0 Å². The van der Waals surface area contributed by atoms with E-state index in [2.05, 4.69) is 67.9 Å². The monoisotopic (exact) mass is 958 g/mol. The van der Waals surface area contributed by atoms with Crippen molar-refractivity contribution >= 4 is 35.8 Å². The number of hydrogen-bond donors (Lipinski definition) is 0. The average Bonchev–Trinajstić information content (AvgIpc) is 3.83. The van der Waals surface area contributed by atoms with Crippen molar-refractivity contribution in [3.63, 3.8) is 0 Å². The summed E-state index contributed by atoms with van der Waals surface area (Å²) in [6.45, 7) is 20.9. The van der Waals surface area contributed by atoms with Crippen molar-refractivity contribution in [1.82, 2.24) is 24.8 Å². The molecule has 2 saturated heterocycles. The van der Waals surface area contributed by atoms with E-state index in [0.717, 1.165) is 30.5 Å². The molecular formula is C55H65F3N6O4Si. The van der Waals surface area contributed by atoms with Crippen molar-refractivity contribution in [3.8, 4) is 46.1 Å². The molecule has 6 aromatic rings. The Kier molecular flexibility index (Phi) is 14.2. The number of benzene rings is 4. The third-order valence-corrected chi connectivity index (χ3v) is 20.3. The standard InChI is InChI=1S/C55H65F3N6O4Si/c1-34(2)69(35(3)4,36(5)6)27-24-39-14-12-15-45-46(39)50(60-52(59-45)63(30-37-16-20-41(65-10)21-17-37)31-38-18-22-42(66-11)23-19-38)47-44(57)28-43-49(48(47)58)61-53(62-51(43)68-54(7,8)9)67-33-55-25-13-26-64(55)32-40(56)29-55/h12,14-23,28,34-36,40H,13,25-26,29-33H2,1-11H3/t40-,55+/m1/s1. The molecule has 2 aromatic heterocycles. The van der Waals surface area contributed by atoms with Crippen LogP contribution < -0.4 is 23.8 Å². The second kappa shape index (κ2) is 19.8. The van der Waals surface area contributed by atoms with E-state index in [9.17, 15) is 4.39 Å². The molecule has 8 rings (SSSR count). The van der Waals surface area contributed by atoms with Crippen molar-refractivity contribution in [2.24, 2.45) is 0 Å². The summed E-state index contributed by atoms with van der Waals surface area (Å²) in [5.74, 6) is 3.33. The molecule has 2 aliphatic rings. The van der Waals surface area contributed by atoms with E-state index in [1.165, 1.54) is 6.07 Å². The van der Waals surface area contributed by atoms with Crippen molar-refractivity contribution < 1.29 is 32.1 Å². The summed E-state index contributed by atoms with van der Waals surface area (Å²) < 4.78 is 73.9. The summed E-state index contributed by atoms with van der Waals surface area (Å²) in [4.78, 5) is 23.7. The largest absolute Gasteiger partial charge is 0.497 e. The molecular weight excluding hydrogens is 894 g/mol. The van der Waals surface area contributed by atoms with Crippen LogP contribution in [-0.4, -0.2) is 84.1 Å². The molecule has 0 radical (unpaired) electrons. The molecule has 14 heteroatoms. The molecule has 0 aliphatic carbocycles. The van der Waals surface area contributed by atoms with Gasteiger partial charge in [0.25, 0.3) is 0 Å². The minimum Gasteiger partial charge on any atom is -0.497 e. The fraction of sp³-hybridized carbons (Fsp3) is 0.455. The van der Waals surface area contributed by atoms with Crippen LogP contribution >= 0.6 is 0 Å². The minimum absolute atomic E-state index is 0.0250. The number of alkyl halides is 1. The van der Waals surface area contributed by atoms with E-state index in [1.54, 1.807) is 14.2 Å². The lowest BCUT2D eigenvalue weighted by molar-refractivity contribution is 0.102. The van der Waals surface area contributed by atoms with Gasteiger partial charge in [-0.1, -0.05) is 77.8 Å². The molecule has 2 atom stereocenters. The molecule has 0 spiro atoms. The number of rotatable bonds is 15. The van der Waals surface area contributed by atoms with Crippen molar-refractivity contribution in [2.45, 2.75) is 129 Å². The summed E-state index contributed by atoms with van der Waals surface area (Å²) >= 11 is 0. The third-order valence-electron chi connectivity index (χ3n) is 14.0. The second-order valence-corrected chi connectivity index (χ2v) is 26.2. The van der Waals surface area contributed by atoms with Gasteiger partial charge >= 0.3 is 6.01 Å². The highest BCUT2D eigenvalue weighted by atomic mass is 28.3. The van der Waals surface area contributed by atoms with Gasteiger partial charge in [-0.25, -0.2) is 23.1 Å². The maximum Gasteiger partial charge on any atom is 0.320 e. The number of hydrogen-bond acceptors (Lipinski definition) is 10. The molecule has 0 amide bonds. The predicted molar refractivity (Wildman–Crippen MR) is 271 cm³/mol. The van der Waals surface area contributed by atoms with E-state index in [1.807, 2.05) is 92.4 Å². The minimum atomic E-state index is -2.29. The van der Waals surface area contributed by atoms with Gasteiger partial charge in [0.05, 0.1) is 41.9 Å². The SMILES string of the molecule is COc1ccc(CN(Cc2ccc(OC)cc2)c2nc(-c3c(F)cc4c(OC(C)(C)C)nc(OC[C@@]56CCCN5C[C@H](F)C6)nc4c3F)c3c(C#C[Si](C(C)C)(C(C)C)C(C)C)cccc3n2)cc1. The van der Waals surface area contributed by atoms with Crippen LogP contribution in [0.5, 0.6) is 23.4 Å². The Balaban J connectivity index is 1.37. The smallest absolute Gasteiger partial charge is 0.320 e. The van der Waals surface area contributed by atoms with Crippen LogP contribution in [0, 0.1) is 23.1 Å².